The molecule has 1 aromatic carbocycles. The number of carboxylic acid groups (broad SMARTS) is 1. The second-order valence-corrected chi connectivity index (χ2v) is 4.59. The summed E-state index contributed by atoms with van der Waals surface area (Å²) in [6.45, 7) is 0.0155. The average Bonchev–Trinajstić information content (AvgIpc) is 2.70. The molecule has 0 saturated heterocycles. The van der Waals surface area contributed by atoms with Crippen molar-refractivity contribution in [3.8, 4) is 5.75 Å². The maximum atomic E-state index is 11.0. The maximum Gasteiger partial charge on any atom is 0.339 e. The quantitative estimate of drug-likeness (QED) is 0.943. The predicted octanol–water partition coefficient (Wildman–Crippen LogP) is 3.00. The minimum atomic E-state index is -1.06. The molecule has 5 nitrogen and oxygen atoms in total. The van der Waals surface area contributed by atoms with Crippen LogP contribution in [0.25, 0.3) is 0 Å². The summed E-state index contributed by atoms with van der Waals surface area (Å²) in [6.07, 6.45) is 1.27. The second kappa shape index (κ2) is 5.50. The molecule has 0 aliphatic carbocycles. The number of nitrogens with zero attached hydrogens (tertiary/aromatic N) is 2. The third-order valence-corrected chi connectivity index (χ3v) is 3.16. The molecule has 1 N–H and O–H groups in total. The molecule has 0 saturated carbocycles. The summed E-state index contributed by atoms with van der Waals surface area (Å²) >= 11 is 11.9. The third-order valence-electron chi connectivity index (χ3n) is 2.56. The largest absolute Gasteiger partial charge is 0.484 e. The number of hydrogen-bond acceptors (Lipinski definition) is 3. The molecule has 19 heavy (non-hydrogen) atoms. The van der Waals surface area contributed by atoms with Crippen LogP contribution < -0.4 is 4.74 Å². The Labute approximate surface area is 119 Å². The van der Waals surface area contributed by atoms with E-state index in [1.165, 1.54) is 10.9 Å². The molecule has 2 rings (SSSR count). The van der Waals surface area contributed by atoms with Gasteiger partial charge in [-0.2, -0.15) is 5.10 Å². The number of para-hydroxylation sites is 1. The first-order valence-corrected chi connectivity index (χ1v) is 6.07. The molecule has 0 atom stereocenters. The van der Waals surface area contributed by atoms with Crippen molar-refractivity contribution in [2.24, 2.45) is 7.05 Å². The zero-order valence-corrected chi connectivity index (χ0v) is 11.4. The lowest BCUT2D eigenvalue weighted by Gasteiger charge is -2.10. The van der Waals surface area contributed by atoms with Gasteiger partial charge in [-0.1, -0.05) is 29.3 Å². The number of ether oxygens (including phenoxy) is 1. The van der Waals surface area contributed by atoms with Gasteiger partial charge in [0, 0.05) is 7.05 Å². The monoisotopic (exact) mass is 300 g/mol. The van der Waals surface area contributed by atoms with Gasteiger partial charge in [-0.15, -0.1) is 0 Å². The van der Waals surface area contributed by atoms with Gasteiger partial charge in [-0.3, -0.25) is 4.68 Å². The highest BCUT2D eigenvalue weighted by atomic mass is 35.5. The molecular weight excluding hydrogens is 291 g/mol. The molecule has 0 aliphatic heterocycles. The van der Waals surface area contributed by atoms with E-state index in [4.69, 9.17) is 33.0 Å². The van der Waals surface area contributed by atoms with Crippen molar-refractivity contribution in [3.05, 3.63) is 45.7 Å². The normalized spacial score (nSPS) is 10.5. The Morgan fingerprint density at radius 1 is 1.42 bits per heavy atom. The van der Waals surface area contributed by atoms with Crippen LogP contribution in [0.5, 0.6) is 5.75 Å². The summed E-state index contributed by atoms with van der Waals surface area (Å²) in [5, 5.41) is 13.6. The van der Waals surface area contributed by atoms with Gasteiger partial charge in [0.05, 0.1) is 21.9 Å². The lowest BCUT2D eigenvalue weighted by atomic mass is 10.2. The Morgan fingerprint density at radius 2 is 2.05 bits per heavy atom. The van der Waals surface area contributed by atoms with Crippen molar-refractivity contribution in [1.82, 2.24) is 9.78 Å². The number of aromatic nitrogens is 2. The molecule has 0 fully saturated rings. The van der Waals surface area contributed by atoms with Gasteiger partial charge in [0.25, 0.3) is 0 Å². The number of halogens is 2. The zero-order chi connectivity index (χ0) is 14.0. The van der Waals surface area contributed by atoms with Crippen LogP contribution in [0.1, 0.15) is 16.1 Å². The fraction of sp³-hybridized carbons (Fsp3) is 0.167. The summed E-state index contributed by atoms with van der Waals surface area (Å²) < 4.78 is 6.93. The summed E-state index contributed by atoms with van der Waals surface area (Å²) in [7, 11) is 1.64. The first-order valence-electron chi connectivity index (χ1n) is 5.31. The highest BCUT2D eigenvalue weighted by Crippen LogP contribution is 2.33. The van der Waals surface area contributed by atoms with E-state index in [-0.39, 0.29) is 12.2 Å². The van der Waals surface area contributed by atoms with Crippen LogP contribution in [-0.2, 0) is 13.7 Å². The fourth-order valence-corrected chi connectivity index (χ4v) is 2.08. The van der Waals surface area contributed by atoms with Crippen molar-refractivity contribution in [1.29, 1.82) is 0 Å². The molecule has 7 heteroatoms. The Hall–Kier alpha value is -1.72. The van der Waals surface area contributed by atoms with E-state index in [2.05, 4.69) is 5.10 Å². The van der Waals surface area contributed by atoms with Crippen LogP contribution in [0, 0.1) is 0 Å². The van der Waals surface area contributed by atoms with Crippen molar-refractivity contribution in [3.63, 3.8) is 0 Å². The minimum absolute atomic E-state index is 0.0155. The summed E-state index contributed by atoms with van der Waals surface area (Å²) in [5.41, 5.74) is 0.522. The van der Waals surface area contributed by atoms with E-state index in [0.717, 1.165) is 0 Å². The van der Waals surface area contributed by atoms with E-state index in [1.54, 1.807) is 25.2 Å². The number of aryl methyl sites for hydroxylation is 1. The van der Waals surface area contributed by atoms with Crippen LogP contribution in [0.15, 0.2) is 24.4 Å². The van der Waals surface area contributed by atoms with Gasteiger partial charge in [0.1, 0.15) is 12.2 Å². The fourth-order valence-electron chi connectivity index (χ4n) is 1.57. The zero-order valence-electron chi connectivity index (χ0n) is 9.93. The topological polar surface area (TPSA) is 64.4 Å². The van der Waals surface area contributed by atoms with E-state index < -0.39 is 5.97 Å². The number of hydrogen-bond donors (Lipinski definition) is 1. The molecule has 1 heterocycles. The summed E-state index contributed by atoms with van der Waals surface area (Å²) in [4.78, 5) is 11.0. The number of rotatable bonds is 4. The molecule has 0 radical (unpaired) electrons. The smallest absolute Gasteiger partial charge is 0.339 e. The van der Waals surface area contributed by atoms with Gasteiger partial charge < -0.3 is 9.84 Å². The van der Waals surface area contributed by atoms with Crippen molar-refractivity contribution < 1.29 is 14.6 Å². The second-order valence-electron chi connectivity index (χ2n) is 3.77. The predicted molar refractivity (Wildman–Crippen MR) is 71.0 cm³/mol. The van der Waals surface area contributed by atoms with E-state index in [0.29, 0.717) is 21.5 Å². The Kier molecular flexibility index (Phi) is 3.97. The van der Waals surface area contributed by atoms with Crippen LogP contribution in [0.2, 0.25) is 10.0 Å². The Bertz CT molecular complexity index is 605. The maximum absolute atomic E-state index is 11.0. The SMILES string of the molecule is Cn1ncc(C(=O)O)c1COc1c(Cl)cccc1Cl. The molecular formula is C12H10Cl2N2O3. The highest BCUT2D eigenvalue weighted by molar-refractivity contribution is 6.37. The number of carbonyl (C=O) groups is 1. The molecule has 2 aromatic rings. The first kappa shape index (κ1) is 13.7. The molecule has 0 spiro atoms. The first-order chi connectivity index (χ1) is 9.00. The van der Waals surface area contributed by atoms with Crippen molar-refractivity contribution >= 4 is 29.2 Å². The molecule has 0 bridgehead atoms. The van der Waals surface area contributed by atoms with Gasteiger partial charge >= 0.3 is 5.97 Å². The van der Waals surface area contributed by atoms with Gasteiger partial charge in [0.15, 0.2) is 5.75 Å². The summed E-state index contributed by atoms with van der Waals surface area (Å²) in [5.74, 6) is -0.736. The Morgan fingerprint density at radius 3 is 2.63 bits per heavy atom. The lowest BCUT2D eigenvalue weighted by Crippen LogP contribution is -2.08. The third kappa shape index (κ3) is 2.83. The van der Waals surface area contributed by atoms with Crippen LogP contribution in [0.3, 0.4) is 0 Å². The van der Waals surface area contributed by atoms with Gasteiger partial charge in [-0.25, -0.2) is 4.79 Å². The minimum Gasteiger partial charge on any atom is -0.484 e. The molecule has 0 amide bonds. The van der Waals surface area contributed by atoms with Crippen LogP contribution in [-0.4, -0.2) is 20.9 Å². The lowest BCUT2D eigenvalue weighted by molar-refractivity contribution is 0.0693. The van der Waals surface area contributed by atoms with E-state index in [1.807, 2.05) is 0 Å². The van der Waals surface area contributed by atoms with Gasteiger partial charge in [0.2, 0.25) is 0 Å². The summed E-state index contributed by atoms with van der Waals surface area (Å²) in [6, 6.07) is 4.98. The average molecular weight is 301 g/mol. The van der Waals surface area contributed by atoms with E-state index >= 15 is 0 Å². The Balaban J connectivity index is 2.24. The number of benzene rings is 1. The molecule has 1 aromatic heterocycles. The molecule has 100 valence electrons. The van der Waals surface area contributed by atoms with Crippen molar-refractivity contribution in [2.45, 2.75) is 6.61 Å². The van der Waals surface area contributed by atoms with E-state index in [9.17, 15) is 4.79 Å². The van der Waals surface area contributed by atoms with Gasteiger partial charge in [-0.05, 0) is 12.1 Å². The van der Waals surface area contributed by atoms with Crippen molar-refractivity contribution in [2.75, 3.05) is 0 Å². The standard InChI is InChI=1S/C12H10Cl2N2O3/c1-16-10(7(5-15-16)12(17)18)6-19-11-8(13)3-2-4-9(11)14/h2-5H,6H2,1H3,(H,17,18). The van der Waals surface area contributed by atoms with Crippen LogP contribution in [0.4, 0.5) is 0 Å². The molecule has 0 aliphatic rings. The highest BCUT2D eigenvalue weighted by Gasteiger charge is 2.16. The number of carboxylic acids is 1. The number of aromatic carboxylic acids is 1. The molecule has 0 unspecified atom stereocenters. The van der Waals surface area contributed by atoms with Crippen LogP contribution >= 0.6 is 23.2 Å².